The molecule has 20 heavy (non-hydrogen) atoms. The molecule has 0 aliphatic heterocycles. The number of rotatable bonds is 5. The molecule has 0 spiro atoms. The summed E-state index contributed by atoms with van der Waals surface area (Å²) >= 11 is 0. The molecule has 2 rings (SSSR count). The van der Waals surface area contributed by atoms with Gasteiger partial charge in [-0.05, 0) is 44.2 Å². The average Bonchev–Trinajstić information content (AvgIpc) is 2.44. The first-order chi connectivity index (χ1) is 9.61. The summed E-state index contributed by atoms with van der Waals surface area (Å²) in [7, 11) is 0. The lowest BCUT2D eigenvalue weighted by Crippen LogP contribution is -2.18. The Morgan fingerprint density at radius 1 is 1.15 bits per heavy atom. The second kappa shape index (κ2) is 6.53. The quantitative estimate of drug-likeness (QED) is 0.859. The minimum Gasteiger partial charge on any atom is -0.454 e. The van der Waals surface area contributed by atoms with E-state index in [1.165, 1.54) is 6.07 Å². The fraction of sp³-hybridized carbons (Fsp3) is 0.294. The van der Waals surface area contributed by atoms with Gasteiger partial charge >= 0.3 is 0 Å². The first kappa shape index (κ1) is 14.5. The van der Waals surface area contributed by atoms with Gasteiger partial charge in [-0.3, -0.25) is 0 Å². The molecule has 0 fully saturated rings. The molecule has 1 N–H and O–H groups in total. The van der Waals surface area contributed by atoms with Crippen LogP contribution in [0.5, 0.6) is 11.5 Å². The van der Waals surface area contributed by atoms with Crippen LogP contribution in [0.4, 0.5) is 4.39 Å². The highest BCUT2D eigenvalue weighted by Gasteiger charge is 2.12. The van der Waals surface area contributed by atoms with Gasteiger partial charge in [0, 0.05) is 11.6 Å². The fourth-order valence-electron chi connectivity index (χ4n) is 2.15. The summed E-state index contributed by atoms with van der Waals surface area (Å²) < 4.78 is 19.6. The van der Waals surface area contributed by atoms with Crippen LogP contribution in [0.25, 0.3) is 0 Å². The Kier molecular flexibility index (Phi) is 4.74. The molecule has 0 saturated heterocycles. The summed E-state index contributed by atoms with van der Waals surface area (Å²) in [5, 5.41) is 3.34. The first-order valence-corrected chi connectivity index (χ1v) is 6.88. The van der Waals surface area contributed by atoms with Gasteiger partial charge in [-0.15, -0.1) is 0 Å². The van der Waals surface area contributed by atoms with Crippen LogP contribution in [0.2, 0.25) is 0 Å². The predicted molar refractivity (Wildman–Crippen MR) is 79.7 cm³/mol. The first-order valence-electron chi connectivity index (χ1n) is 6.88. The van der Waals surface area contributed by atoms with Gasteiger partial charge in [0.2, 0.25) is 0 Å². The number of aryl methyl sites for hydroxylation is 1. The van der Waals surface area contributed by atoms with Gasteiger partial charge in [-0.1, -0.05) is 31.2 Å². The van der Waals surface area contributed by atoms with Crippen molar-refractivity contribution in [1.29, 1.82) is 0 Å². The minimum absolute atomic E-state index is 0.157. The van der Waals surface area contributed by atoms with Gasteiger partial charge in [-0.25, -0.2) is 4.39 Å². The zero-order valence-corrected chi connectivity index (χ0v) is 12.1. The van der Waals surface area contributed by atoms with E-state index in [9.17, 15) is 4.39 Å². The highest BCUT2D eigenvalue weighted by Crippen LogP contribution is 2.31. The molecule has 2 nitrogen and oxygen atoms in total. The molecule has 0 aliphatic carbocycles. The van der Waals surface area contributed by atoms with E-state index in [2.05, 4.69) is 19.2 Å². The highest BCUT2D eigenvalue weighted by molar-refractivity contribution is 5.40. The van der Waals surface area contributed by atoms with Crippen LogP contribution in [-0.2, 0) is 0 Å². The van der Waals surface area contributed by atoms with E-state index < -0.39 is 0 Å². The van der Waals surface area contributed by atoms with Gasteiger partial charge in [0.25, 0.3) is 0 Å². The number of benzene rings is 2. The summed E-state index contributed by atoms with van der Waals surface area (Å²) in [6, 6.07) is 12.7. The molecule has 0 radical (unpaired) electrons. The van der Waals surface area contributed by atoms with Crippen molar-refractivity contribution < 1.29 is 9.13 Å². The smallest absolute Gasteiger partial charge is 0.165 e. The van der Waals surface area contributed by atoms with E-state index in [4.69, 9.17) is 4.74 Å². The number of para-hydroxylation sites is 1. The number of halogens is 1. The monoisotopic (exact) mass is 273 g/mol. The number of ether oxygens (including phenoxy) is 1. The topological polar surface area (TPSA) is 21.3 Å². The maximum absolute atomic E-state index is 13.8. The Labute approximate surface area is 119 Å². The molecule has 106 valence electrons. The molecule has 0 bridgehead atoms. The fourth-order valence-corrected chi connectivity index (χ4v) is 2.15. The van der Waals surface area contributed by atoms with Crippen molar-refractivity contribution in [3.05, 3.63) is 59.4 Å². The SMILES string of the molecule is CCNC(C)c1ccccc1Oc1cc(C)ccc1F. The molecular weight excluding hydrogens is 253 g/mol. The molecule has 1 atom stereocenters. The van der Waals surface area contributed by atoms with Crippen molar-refractivity contribution in [2.75, 3.05) is 6.54 Å². The highest BCUT2D eigenvalue weighted by atomic mass is 19.1. The lowest BCUT2D eigenvalue weighted by molar-refractivity contribution is 0.429. The Bertz CT molecular complexity index is 583. The van der Waals surface area contributed by atoms with Crippen LogP contribution in [-0.4, -0.2) is 6.54 Å². The zero-order valence-electron chi connectivity index (χ0n) is 12.1. The van der Waals surface area contributed by atoms with Crippen LogP contribution < -0.4 is 10.1 Å². The zero-order chi connectivity index (χ0) is 14.5. The van der Waals surface area contributed by atoms with Gasteiger partial charge < -0.3 is 10.1 Å². The van der Waals surface area contributed by atoms with Crippen LogP contribution in [0.3, 0.4) is 0 Å². The number of hydrogen-bond donors (Lipinski definition) is 1. The van der Waals surface area contributed by atoms with Gasteiger partial charge in [0.15, 0.2) is 11.6 Å². The van der Waals surface area contributed by atoms with Crippen LogP contribution in [0, 0.1) is 12.7 Å². The third-order valence-corrected chi connectivity index (χ3v) is 3.20. The molecule has 2 aromatic carbocycles. The molecule has 1 unspecified atom stereocenters. The molecule has 3 heteroatoms. The Morgan fingerprint density at radius 2 is 1.90 bits per heavy atom. The summed E-state index contributed by atoms with van der Waals surface area (Å²) in [4.78, 5) is 0. The lowest BCUT2D eigenvalue weighted by Gasteiger charge is -2.17. The second-order valence-electron chi connectivity index (χ2n) is 4.85. The van der Waals surface area contributed by atoms with Crippen LogP contribution in [0.1, 0.15) is 31.0 Å². The second-order valence-corrected chi connectivity index (χ2v) is 4.85. The summed E-state index contributed by atoms with van der Waals surface area (Å²) in [5.41, 5.74) is 1.99. The predicted octanol–water partition coefficient (Wildman–Crippen LogP) is 4.60. The summed E-state index contributed by atoms with van der Waals surface area (Å²) in [6.45, 7) is 6.91. The Hall–Kier alpha value is -1.87. The van der Waals surface area contributed by atoms with E-state index in [0.29, 0.717) is 5.75 Å². The number of nitrogens with one attached hydrogen (secondary N) is 1. The molecule has 0 aliphatic rings. The average molecular weight is 273 g/mol. The Morgan fingerprint density at radius 3 is 2.65 bits per heavy atom. The van der Waals surface area contributed by atoms with Crippen molar-refractivity contribution >= 4 is 0 Å². The molecule has 2 aromatic rings. The van der Waals surface area contributed by atoms with Crippen molar-refractivity contribution in [3.63, 3.8) is 0 Å². The van der Waals surface area contributed by atoms with Crippen molar-refractivity contribution in [1.82, 2.24) is 5.32 Å². The summed E-state index contributed by atoms with van der Waals surface area (Å²) in [5.74, 6) is 0.605. The van der Waals surface area contributed by atoms with E-state index in [0.717, 1.165) is 17.7 Å². The largest absolute Gasteiger partial charge is 0.454 e. The van der Waals surface area contributed by atoms with E-state index in [-0.39, 0.29) is 17.6 Å². The van der Waals surface area contributed by atoms with Gasteiger partial charge in [0.05, 0.1) is 0 Å². The van der Waals surface area contributed by atoms with E-state index in [1.54, 1.807) is 12.1 Å². The van der Waals surface area contributed by atoms with Gasteiger partial charge in [-0.2, -0.15) is 0 Å². The molecule has 0 saturated carbocycles. The van der Waals surface area contributed by atoms with E-state index >= 15 is 0 Å². The van der Waals surface area contributed by atoms with Gasteiger partial charge in [0.1, 0.15) is 5.75 Å². The third kappa shape index (κ3) is 3.36. The van der Waals surface area contributed by atoms with Crippen molar-refractivity contribution in [3.8, 4) is 11.5 Å². The van der Waals surface area contributed by atoms with Crippen LogP contribution >= 0.6 is 0 Å². The maximum Gasteiger partial charge on any atom is 0.165 e. The van der Waals surface area contributed by atoms with Crippen molar-refractivity contribution in [2.24, 2.45) is 0 Å². The molecule has 0 heterocycles. The molecule has 0 amide bonds. The standard InChI is InChI=1S/C17H20FNO/c1-4-19-13(3)14-7-5-6-8-16(14)20-17-11-12(2)9-10-15(17)18/h5-11,13,19H,4H2,1-3H3. The maximum atomic E-state index is 13.8. The van der Waals surface area contributed by atoms with Crippen molar-refractivity contribution in [2.45, 2.75) is 26.8 Å². The van der Waals surface area contributed by atoms with Crippen LogP contribution in [0.15, 0.2) is 42.5 Å². The van der Waals surface area contributed by atoms with E-state index in [1.807, 2.05) is 31.2 Å². The molecule has 0 aromatic heterocycles. The third-order valence-electron chi connectivity index (χ3n) is 3.20. The summed E-state index contributed by atoms with van der Waals surface area (Å²) in [6.07, 6.45) is 0. The normalized spacial score (nSPS) is 12.2. The Balaban J connectivity index is 2.31. The lowest BCUT2D eigenvalue weighted by atomic mass is 10.1. The number of hydrogen-bond acceptors (Lipinski definition) is 2. The minimum atomic E-state index is -0.346. The molecular formula is C17H20FNO.